The van der Waals surface area contributed by atoms with E-state index < -0.39 is 0 Å². The summed E-state index contributed by atoms with van der Waals surface area (Å²) >= 11 is 5.74. The van der Waals surface area contributed by atoms with Gasteiger partial charge in [-0.15, -0.1) is 11.6 Å². The fraction of sp³-hybridized carbons (Fsp3) is 0.231. The molecule has 17 heavy (non-hydrogen) atoms. The Kier molecular flexibility index (Phi) is 3.59. The molecule has 2 rings (SSSR count). The summed E-state index contributed by atoms with van der Waals surface area (Å²) in [5.74, 6) is 1.15. The SMILES string of the molecule is Cc1cc(C)nc(Nc2ccc(CCl)cc2)n1. The van der Waals surface area contributed by atoms with Gasteiger partial charge in [-0.3, -0.25) is 0 Å². The second kappa shape index (κ2) is 5.15. The Morgan fingerprint density at radius 1 is 1.06 bits per heavy atom. The van der Waals surface area contributed by atoms with Crippen molar-refractivity contribution in [2.45, 2.75) is 19.7 Å². The minimum absolute atomic E-state index is 0.528. The molecule has 0 saturated heterocycles. The van der Waals surface area contributed by atoms with Gasteiger partial charge in [0.2, 0.25) is 5.95 Å². The smallest absolute Gasteiger partial charge is 0.227 e. The highest BCUT2D eigenvalue weighted by atomic mass is 35.5. The summed E-state index contributed by atoms with van der Waals surface area (Å²) in [6.07, 6.45) is 0. The Morgan fingerprint density at radius 3 is 2.18 bits per heavy atom. The van der Waals surface area contributed by atoms with Gasteiger partial charge in [-0.05, 0) is 37.6 Å². The van der Waals surface area contributed by atoms with E-state index in [4.69, 9.17) is 11.6 Å². The molecule has 0 spiro atoms. The predicted molar refractivity (Wildman–Crippen MR) is 70.8 cm³/mol. The van der Waals surface area contributed by atoms with Gasteiger partial charge < -0.3 is 5.32 Å². The van der Waals surface area contributed by atoms with Gasteiger partial charge in [0.1, 0.15) is 0 Å². The van der Waals surface area contributed by atoms with Crippen LogP contribution in [0.1, 0.15) is 17.0 Å². The highest BCUT2D eigenvalue weighted by Gasteiger charge is 2.00. The molecule has 0 bridgehead atoms. The average molecular weight is 248 g/mol. The highest BCUT2D eigenvalue weighted by Crippen LogP contribution is 2.15. The zero-order valence-corrected chi connectivity index (χ0v) is 10.6. The van der Waals surface area contributed by atoms with Crippen LogP contribution in [0.4, 0.5) is 11.6 Å². The molecule has 0 atom stereocenters. The van der Waals surface area contributed by atoms with Crippen LogP contribution in [-0.2, 0) is 5.88 Å². The van der Waals surface area contributed by atoms with Crippen LogP contribution in [-0.4, -0.2) is 9.97 Å². The van der Waals surface area contributed by atoms with E-state index >= 15 is 0 Å². The largest absolute Gasteiger partial charge is 0.324 e. The van der Waals surface area contributed by atoms with E-state index in [1.807, 2.05) is 44.2 Å². The normalized spacial score (nSPS) is 10.3. The minimum atomic E-state index is 0.528. The Balaban J connectivity index is 2.19. The quantitative estimate of drug-likeness (QED) is 0.843. The van der Waals surface area contributed by atoms with Crippen molar-refractivity contribution in [2.75, 3.05) is 5.32 Å². The van der Waals surface area contributed by atoms with Crippen LogP contribution in [0.3, 0.4) is 0 Å². The van der Waals surface area contributed by atoms with Gasteiger partial charge in [-0.25, -0.2) is 9.97 Å². The van der Waals surface area contributed by atoms with Gasteiger partial charge in [0.15, 0.2) is 0 Å². The van der Waals surface area contributed by atoms with E-state index in [9.17, 15) is 0 Å². The van der Waals surface area contributed by atoms with E-state index in [1.54, 1.807) is 0 Å². The number of halogens is 1. The number of rotatable bonds is 3. The van der Waals surface area contributed by atoms with Crippen molar-refractivity contribution < 1.29 is 0 Å². The third kappa shape index (κ3) is 3.17. The number of nitrogens with one attached hydrogen (secondary N) is 1. The van der Waals surface area contributed by atoms with Crippen molar-refractivity contribution in [3.05, 3.63) is 47.3 Å². The van der Waals surface area contributed by atoms with Gasteiger partial charge in [0.05, 0.1) is 0 Å². The number of aromatic nitrogens is 2. The molecule has 1 heterocycles. The molecule has 0 amide bonds. The number of hydrogen-bond acceptors (Lipinski definition) is 3. The molecule has 88 valence electrons. The van der Waals surface area contributed by atoms with E-state index in [2.05, 4.69) is 15.3 Å². The van der Waals surface area contributed by atoms with Crippen LogP contribution in [0.25, 0.3) is 0 Å². The summed E-state index contributed by atoms with van der Waals surface area (Å²) in [7, 11) is 0. The van der Waals surface area contributed by atoms with Crippen molar-refractivity contribution in [2.24, 2.45) is 0 Å². The predicted octanol–water partition coefficient (Wildman–Crippen LogP) is 3.58. The second-order valence-electron chi connectivity index (χ2n) is 3.93. The van der Waals surface area contributed by atoms with E-state index in [-0.39, 0.29) is 0 Å². The van der Waals surface area contributed by atoms with Gasteiger partial charge >= 0.3 is 0 Å². The van der Waals surface area contributed by atoms with Crippen LogP contribution in [0.5, 0.6) is 0 Å². The molecular weight excluding hydrogens is 234 g/mol. The van der Waals surface area contributed by atoms with Gasteiger partial charge in [-0.1, -0.05) is 12.1 Å². The molecule has 1 aromatic heterocycles. The first-order valence-electron chi connectivity index (χ1n) is 5.41. The Morgan fingerprint density at radius 2 is 1.65 bits per heavy atom. The van der Waals surface area contributed by atoms with E-state index in [1.165, 1.54) is 0 Å². The summed E-state index contributed by atoms with van der Waals surface area (Å²) in [6, 6.07) is 9.86. The molecule has 0 unspecified atom stereocenters. The molecule has 2 aromatic rings. The summed E-state index contributed by atoms with van der Waals surface area (Å²) < 4.78 is 0. The number of hydrogen-bond donors (Lipinski definition) is 1. The lowest BCUT2D eigenvalue weighted by Gasteiger charge is -2.06. The number of benzene rings is 1. The van der Waals surface area contributed by atoms with Crippen LogP contribution in [0, 0.1) is 13.8 Å². The maximum atomic E-state index is 5.74. The molecule has 0 radical (unpaired) electrons. The van der Waals surface area contributed by atoms with Gasteiger partial charge in [0.25, 0.3) is 0 Å². The molecular formula is C13H14ClN3. The van der Waals surface area contributed by atoms with Crippen molar-refractivity contribution in [1.29, 1.82) is 0 Å². The third-order valence-electron chi connectivity index (χ3n) is 2.35. The minimum Gasteiger partial charge on any atom is -0.324 e. The lowest BCUT2D eigenvalue weighted by Crippen LogP contribution is -1.99. The number of anilines is 2. The lowest BCUT2D eigenvalue weighted by molar-refractivity contribution is 1.06. The highest BCUT2D eigenvalue weighted by molar-refractivity contribution is 6.17. The van der Waals surface area contributed by atoms with Crippen molar-refractivity contribution in [3.63, 3.8) is 0 Å². The van der Waals surface area contributed by atoms with Crippen molar-refractivity contribution in [3.8, 4) is 0 Å². The molecule has 0 saturated carbocycles. The summed E-state index contributed by atoms with van der Waals surface area (Å²) in [5, 5.41) is 3.17. The second-order valence-corrected chi connectivity index (χ2v) is 4.20. The summed E-state index contributed by atoms with van der Waals surface area (Å²) in [6.45, 7) is 3.91. The zero-order chi connectivity index (χ0) is 12.3. The van der Waals surface area contributed by atoms with Crippen molar-refractivity contribution in [1.82, 2.24) is 9.97 Å². The molecule has 0 aliphatic rings. The van der Waals surface area contributed by atoms with Crippen molar-refractivity contribution >= 4 is 23.2 Å². The molecule has 0 fully saturated rings. The Hall–Kier alpha value is -1.61. The standard InChI is InChI=1S/C13H14ClN3/c1-9-7-10(2)16-13(15-9)17-12-5-3-11(8-14)4-6-12/h3-7H,8H2,1-2H3,(H,15,16,17). The molecule has 0 aliphatic heterocycles. The average Bonchev–Trinajstić information content (AvgIpc) is 2.28. The fourth-order valence-corrected chi connectivity index (χ4v) is 1.77. The number of alkyl halides is 1. The third-order valence-corrected chi connectivity index (χ3v) is 2.66. The summed E-state index contributed by atoms with van der Waals surface area (Å²) in [5.41, 5.74) is 3.97. The van der Waals surface area contributed by atoms with Gasteiger partial charge in [0, 0.05) is 23.0 Å². The molecule has 1 N–H and O–H groups in total. The number of nitrogens with zero attached hydrogens (tertiary/aromatic N) is 2. The molecule has 4 heteroatoms. The molecule has 0 aliphatic carbocycles. The first-order chi connectivity index (χ1) is 8.17. The summed E-state index contributed by atoms with van der Waals surface area (Å²) in [4.78, 5) is 8.65. The van der Waals surface area contributed by atoms with E-state index in [0.29, 0.717) is 11.8 Å². The maximum Gasteiger partial charge on any atom is 0.227 e. The maximum absolute atomic E-state index is 5.74. The first kappa shape index (κ1) is 11.9. The monoisotopic (exact) mass is 247 g/mol. The van der Waals surface area contributed by atoms with Crippen LogP contribution in [0.15, 0.2) is 30.3 Å². The Labute approximate surface area is 106 Å². The van der Waals surface area contributed by atoms with Gasteiger partial charge in [-0.2, -0.15) is 0 Å². The first-order valence-corrected chi connectivity index (χ1v) is 5.95. The zero-order valence-electron chi connectivity index (χ0n) is 9.87. The van der Waals surface area contributed by atoms with E-state index in [0.717, 1.165) is 22.6 Å². The topological polar surface area (TPSA) is 37.8 Å². The molecule has 1 aromatic carbocycles. The fourth-order valence-electron chi connectivity index (χ4n) is 1.59. The lowest BCUT2D eigenvalue weighted by atomic mass is 10.2. The van der Waals surface area contributed by atoms with Crippen LogP contribution < -0.4 is 5.32 Å². The Bertz CT molecular complexity index is 488. The molecule has 3 nitrogen and oxygen atoms in total. The van der Waals surface area contributed by atoms with Crippen LogP contribution in [0.2, 0.25) is 0 Å². The van der Waals surface area contributed by atoms with Crippen LogP contribution >= 0.6 is 11.6 Å². The number of aryl methyl sites for hydroxylation is 2.